The monoisotopic (exact) mass is 142 g/mol. The van der Waals surface area contributed by atoms with Gasteiger partial charge in [0.2, 0.25) is 0 Å². The second kappa shape index (κ2) is 2.35. The zero-order chi connectivity index (χ0) is 7.78. The minimum atomic E-state index is -0.727. The molecule has 0 aliphatic heterocycles. The lowest BCUT2D eigenvalue weighted by atomic mass is 9.79. The van der Waals surface area contributed by atoms with Gasteiger partial charge in [-0.2, -0.15) is 0 Å². The molecule has 1 fully saturated rings. The highest BCUT2D eigenvalue weighted by molar-refractivity contribution is 5.80. The van der Waals surface area contributed by atoms with Crippen LogP contribution in [0.1, 0.15) is 33.1 Å². The smallest absolute Gasteiger partial charge is 0.136 e. The number of Topliss-reactive ketones (excluding diaryl/α,β-unsaturated/α-hetero) is 1. The summed E-state index contributed by atoms with van der Waals surface area (Å²) in [5, 5.41) is 9.49. The lowest BCUT2D eigenvalue weighted by Crippen LogP contribution is -2.35. The van der Waals surface area contributed by atoms with Gasteiger partial charge in [0.15, 0.2) is 0 Å². The van der Waals surface area contributed by atoms with Gasteiger partial charge in [-0.3, -0.25) is 4.79 Å². The number of aliphatic hydroxyl groups is 1. The molecular formula is C8H14O2. The summed E-state index contributed by atoms with van der Waals surface area (Å²) in [7, 11) is 0. The highest BCUT2D eigenvalue weighted by Gasteiger charge is 2.32. The Morgan fingerprint density at radius 1 is 1.70 bits per heavy atom. The number of carbonyl (C=O) groups is 1. The summed E-state index contributed by atoms with van der Waals surface area (Å²) in [6.45, 7) is 3.74. The van der Waals surface area contributed by atoms with Crippen molar-refractivity contribution < 1.29 is 9.90 Å². The molecule has 0 saturated heterocycles. The van der Waals surface area contributed by atoms with E-state index in [-0.39, 0.29) is 5.78 Å². The fraction of sp³-hybridized carbons (Fsp3) is 0.875. The van der Waals surface area contributed by atoms with Crippen molar-refractivity contribution in [3.8, 4) is 0 Å². The first kappa shape index (κ1) is 7.73. The zero-order valence-corrected chi connectivity index (χ0v) is 6.55. The maximum absolute atomic E-state index is 10.9. The molecule has 2 heteroatoms. The van der Waals surface area contributed by atoms with E-state index in [0.29, 0.717) is 18.8 Å². The van der Waals surface area contributed by atoms with Crippen molar-refractivity contribution >= 4 is 5.78 Å². The van der Waals surface area contributed by atoms with Crippen LogP contribution in [0.2, 0.25) is 0 Å². The maximum Gasteiger partial charge on any atom is 0.136 e. The van der Waals surface area contributed by atoms with Crippen LogP contribution in [0.3, 0.4) is 0 Å². The molecule has 2 unspecified atom stereocenters. The Morgan fingerprint density at radius 3 is 2.70 bits per heavy atom. The first-order valence-electron chi connectivity index (χ1n) is 3.74. The van der Waals surface area contributed by atoms with Gasteiger partial charge in [-0.1, -0.05) is 6.92 Å². The Balaban J connectivity index is 2.59. The van der Waals surface area contributed by atoms with E-state index in [1.165, 1.54) is 0 Å². The standard InChI is InChI=1S/C8H14O2/c1-6-3-7(9)5-8(2,10)4-6/h6,10H,3-5H2,1-2H3. The van der Waals surface area contributed by atoms with E-state index in [0.717, 1.165) is 6.42 Å². The average Bonchev–Trinajstić information content (AvgIpc) is 1.54. The molecule has 0 aromatic rings. The van der Waals surface area contributed by atoms with Crippen LogP contribution in [-0.4, -0.2) is 16.5 Å². The average molecular weight is 142 g/mol. The molecule has 0 heterocycles. The molecule has 10 heavy (non-hydrogen) atoms. The summed E-state index contributed by atoms with van der Waals surface area (Å²) in [5.74, 6) is 0.556. The molecule has 0 radical (unpaired) electrons. The summed E-state index contributed by atoms with van der Waals surface area (Å²) in [4.78, 5) is 10.9. The van der Waals surface area contributed by atoms with Crippen molar-refractivity contribution in [1.82, 2.24) is 0 Å². The SMILES string of the molecule is CC1CC(=O)CC(C)(O)C1. The molecular weight excluding hydrogens is 128 g/mol. The van der Waals surface area contributed by atoms with Crippen LogP contribution in [0, 0.1) is 5.92 Å². The van der Waals surface area contributed by atoms with Gasteiger partial charge in [-0.25, -0.2) is 0 Å². The van der Waals surface area contributed by atoms with Crippen LogP contribution in [0.4, 0.5) is 0 Å². The third kappa shape index (κ3) is 1.81. The molecule has 1 saturated carbocycles. The number of hydrogen-bond acceptors (Lipinski definition) is 2. The van der Waals surface area contributed by atoms with E-state index in [2.05, 4.69) is 0 Å². The molecule has 0 aromatic carbocycles. The molecule has 58 valence electrons. The molecule has 0 spiro atoms. The van der Waals surface area contributed by atoms with Crippen LogP contribution < -0.4 is 0 Å². The number of hydrogen-bond donors (Lipinski definition) is 1. The Morgan fingerprint density at radius 2 is 2.30 bits per heavy atom. The van der Waals surface area contributed by atoms with Crippen molar-refractivity contribution in [1.29, 1.82) is 0 Å². The first-order valence-corrected chi connectivity index (χ1v) is 3.74. The number of carbonyl (C=O) groups excluding carboxylic acids is 1. The normalized spacial score (nSPS) is 41.9. The van der Waals surface area contributed by atoms with Gasteiger partial charge in [0.05, 0.1) is 5.60 Å². The predicted molar refractivity (Wildman–Crippen MR) is 38.6 cm³/mol. The van der Waals surface area contributed by atoms with Gasteiger partial charge in [0, 0.05) is 12.8 Å². The van der Waals surface area contributed by atoms with Gasteiger partial charge in [-0.15, -0.1) is 0 Å². The number of rotatable bonds is 0. The van der Waals surface area contributed by atoms with E-state index in [1.54, 1.807) is 6.92 Å². The maximum atomic E-state index is 10.9. The zero-order valence-electron chi connectivity index (χ0n) is 6.55. The van der Waals surface area contributed by atoms with E-state index in [9.17, 15) is 9.90 Å². The minimum Gasteiger partial charge on any atom is -0.390 e. The van der Waals surface area contributed by atoms with Crippen LogP contribution in [0.5, 0.6) is 0 Å². The van der Waals surface area contributed by atoms with E-state index < -0.39 is 5.60 Å². The third-order valence-corrected chi connectivity index (χ3v) is 1.94. The second-order valence-electron chi connectivity index (χ2n) is 3.73. The number of ketones is 1. The Hall–Kier alpha value is -0.370. The van der Waals surface area contributed by atoms with Crippen LogP contribution in [0.15, 0.2) is 0 Å². The largest absolute Gasteiger partial charge is 0.390 e. The molecule has 0 bridgehead atoms. The Bertz CT molecular complexity index is 149. The summed E-state index contributed by atoms with van der Waals surface area (Å²) < 4.78 is 0. The summed E-state index contributed by atoms with van der Waals surface area (Å²) in [5.41, 5.74) is -0.727. The molecule has 1 N–H and O–H groups in total. The Kier molecular flexibility index (Phi) is 1.82. The quantitative estimate of drug-likeness (QED) is 0.550. The van der Waals surface area contributed by atoms with E-state index in [4.69, 9.17) is 0 Å². The molecule has 0 aromatic heterocycles. The minimum absolute atomic E-state index is 0.198. The lowest BCUT2D eigenvalue weighted by Gasteiger charge is -2.30. The van der Waals surface area contributed by atoms with Gasteiger partial charge in [0.25, 0.3) is 0 Å². The lowest BCUT2D eigenvalue weighted by molar-refractivity contribution is -0.129. The van der Waals surface area contributed by atoms with Crippen molar-refractivity contribution in [2.45, 2.75) is 38.7 Å². The van der Waals surface area contributed by atoms with Crippen molar-refractivity contribution in [2.24, 2.45) is 5.92 Å². The van der Waals surface area contributed by atoms with Crippen LogP contribution in [-0.2, 0) is 4.79 Å². The Labute approximate surface area is 61.2 Å². The van der Waals surface area contributed by atoms with Crippen molar-refractivity contribution in [3.63, 3.8) is 0 Å². The first-order chi connectivity index (χ1) is 4.49. The molecule has 0 amide bonds. The van der Waals surface area contributed by atoms with Gasteiger partial charge in [0.1, 0.15) is 5.78 Å². The van der Waals surface area contributed by atoms with E-state index >= 15 is 0 Å². The highest BCUT2D eigenvalue weighted by Crippen LogP contribution is 2.29. The third-order valence-electron chi connectivity index (χ3n) is 1.94. The van der Waals surface area contributed by atoms with Crippen LogP contribution in [0.25, 0.3) is 0 Å². The van der Waals surface area contributed by atoms with Crippen LogP contribution >= 0.6 is 0 Å². The molecule has 2 atom stereocenters. The van der Waals surface area contributed by atoms with Crippen molar-refractivity contribution in [3.05, 3.63) is 0 Å². The molecule has 1 rings (SSSR count). The topological polar surface area (TPSA) is 37.3 Å². The van der Waals surface area contributed by atoms with E-state index in [1.807, 2.05) is 6.92 Å². The summed E-state index contributed by atoms with van der Waals surface area (Å²) >= 11 is 0. The fourth-order valence-electron chi connectivity index (χ4n) is 1.78. The molecule has 1 aliphatic carbocycles. The van der Waals surface area contributed by atoms with Gasteiger partial charge >= 0.3 is 0 Å². The predicted octanol–water partition coefficient (Wildman–Crippen LogP) is 1.13. The fourth-order valence-corrected chi connectivity index (χ4v) is 1.78. The summed E-state index contributed by atoms with van der Waals surface area (Å²) in [6, 6.07) is 0. The van der Waals surface area contributed by atoms with Gasteiger partial charge in [-0.05, 0) is 19.3 Å². The molecule has 2 nitrogen and oxygen atoms in total. The second-order valence-corrected chi connectivity index (χ2v) is 3.73. The van der Waals surface area contributed by atoms with Crippen molar-refractivity contribution in [2.75, 3.05) is 0 Å². The molecule has 1 aliphatic rings. The highest BCUT2D eigenvalue weighted by atomic mass is 16.3. The van der Waals surface area contributed by atoms with Gasteiger partial charge < -0.3 is 5.11 Å². The summed E-state index contributed by atoms with van der Waals surface area (Å²) in [6.07, 6.45) is 1.76.